The van der Waals surface area contributed by atoms with Gasteiger partial charge in [0.15, 0.2) is 0 Å². The van der Waals surface area contributed by atoms with Gasteiger partial charge in [-0.3, -0.25) is 0 Å². The van der Waals surface area contributed by atoms with Crippen LogP contribution in [0.1, 0.15) is 20.8 Å². The van der Waals surface area contributed by atoms with Crippen LogP contribution in [0.25, 0.3) is 0 Å². The first kappa shape index (κ1) is 16.3. The molecule has 21 heavy (non-hydrogen) atoms. The number of hydrogen-bond donors (Lipinski definition) is 0. The van der Waals surface area contributed by atoms with Crippen LogP contribution in [0, 0.1) is 0 Å². The molecule has 0 amide bonds. The molecule has 0 heterocycles. The molecule has 2 aromatic carbocycles. The molecule has 2 aromatic rings. The average molecular weight is 359 g/mol. The second kappa shape index (κ2) is 6.33. The van der Waals surface area contributed by atoms with Gasteiger partial charge in [0.05, 0.1) is 0 Å². The van der Waals surface area contributed by atoms with Gasteiger partial charge in [0.1, 0.15) is 8.07 Å². The Morgan fingerprint density at radius 3 is 1.57 bits per heavy atom. The smallest absolute Gasteiger partial charge is 0.0891 e. The molecular weight excluding hydrogens is 336 g/mol. The number of halogens is 1. The predicted octanol–water partition coefficient (Wildman–Crippen LogP) is 4.96. The maximum Gasteiger partial charge on any atom is 0.128 e. The van der Waals surface area contributed by atoms with Crippen LogP contribution in [-0.4, -0.2) is 8.07 Å². The molecule has 110 valence electrons. The monoisotopic (exact) mass is 358 g/mol. The fraction of sp³-hybridized carbons (Fsp3) is 0.263. The Hall–Kier alpha value is -1.12. The number of hydrogen-bond acceptors (Lipinski definition) is 0. The number of benzene rings is 2. The molecule has 2 rings (SSSR count). The van der Waals surface area contributed by atoms with E-state index in [4.69, 9.17) is 0 Å². The summed E-state index contributed by atoms with van der Waals surface area (Å²) in [7, 11) is -1.96. The highest BCUT2D eigenvalue weighted by Gasteiger charge is 2.47. The zero-order valence-electron chi connectivity index (χ0n) is 13.1. The molecule has 0 N–H and O–H groups in total. The third-order valence-electron chi connectivity index (χ3n) is 4.27. The molecule has 0 saturated carbocycles. The second-order valence-electron chi connectivity index (χ2n) is 6.58. The van der Waals surface area contributed by atoms with Crippen LogP contribution in [0.15, 0.2) is 71.7 Å². The minimum Gasteiger partial charge on any atom is -0.0891 e. The lowest BCUT2D eigenvalue weighted by Gasteiger charge is -2.44. The van der Waals surface area contributed by atoms with Crippen molar-refractivity contribution in [1.29, 1.82) is 0 Å². The topological polar surface area (TPSA) is 0 Å². The van der Waals surface area contributed by atoms with Crippen LogP contribution in [0.5, 0.6) is 0 Å². The summed E-state index contributed by atoms with van der Waals surface area (Å²) in [5.41, 5.74) is 0. The van der Waals surface area contributed by atoms with Crippen molar-refractivity contribution in [1.82, 2.24) is 0 Å². The minimum atomic E-state index is -1.96. The van der Waals surface area contributed by atoms with Gasteiger partial charge in [0.2, 0.25) is 0 Å². The summed E-state index contributed by atoms with van der Waals surface area (Å²) in [6, 6.07) is 23.0. The van der Waals surface area contributed by atoms with Crippen molar-refractivity contribution in [3.05, 3.63) is 71.7 Å². The Labute approximate surface area is 138 Å². The van der Waals surface area contributed by atoms with Crippen LogP contribution < -0.4 is 10.4 Å². The van der Waals surface area contributed by atoms with Crippen LogP contribution >= 0.6 is 15.9 Å². The van der Waals surface area contributed by atoms with Crippen LogP contribution in [0.4, 0.5) is 0 Å². The van der Waals surface area contributed by atoms with E-state index in [1.807, 2.05) is 0 Å². The van der Waals surface area contributed by atoms with Gasteiger partial charge in [-0.25, -0.2) is 0 Å². The Morgan fingerprint density at radius 2 is 1.29 bits per heavy atom. The fourth-order valence-electron chi connectivity index (χ4n) is 3.24. The maximum atomic E-state index is 4.16. The van der Waals surface area contributed by atoms with E-state index in [1.54, 1.807) is 0 Å². The lowest BCUT2D eigenvalue weighted by Crippen LogP contribution is -2.64. The van der Waals surface area contributed by atoms with Gasteiger partial charge in [0, 0.05) is 0 Å². The van der Waals surface area contributed by atoms with Gasteiger partial charge in [-0.2, -0.15) is 0 Å². The molecular formula is C19H23BrSi. The van der Waals surface area contributed by atoms with Crippen molar-refractivity contribution in [2.75, 3.05) is 0 Å². The lowest BCUT2D eigenvalue weighted by molar-refractivity contribution is 0.730. The molecule has 0 aliphatic rings. The highest BCUT2D eigenvalue weighted by Crippen LogP contribution is 2.40. The van der Waals surface area contributed by atoms with Crippen LogP contribution in [-0.2, 0) is 0 Å². The third kappa shape index (κ3) is 3.22. The fourth-order valence-corrected chi connectivity index (χ4v) is 9.60. The van der Waals surface area contributed by atoms with E-state index in [0.29, 0.717) is 0 Å². The average Bonchev–Trinajstić information content (AvgIpc) is 2.45. The molecule has 2 heteroatoms. The summed E-state index contributed by atoms with van der Waals surface area (Å²) >= 11 is 3.64. The van der Waals surface area contributed by atoms with Crippen molar-refractivity contribution in [3.8, 4) is 0 Å². The highest BCUT2D eigenvalue weighted by molar-refractivity contribution is 9.11. The maximum absolute atomic E-state index is 4.16. The molecule has 0 unspecified atom stereocenters. The third-order valence-corrected chi connectivity index (χ3v) is 11.2. The van der Waals surface area contributed by atoms with Gasteiger partial charge < -0.3 is 0 Å². The van der Waals surface area contributed by atoms with E-state index in [-0.39, 0.29) is 5.04 Å². The first-order valence-corrected chi connectivity index (χ1v) is 10.3. The van der Waals surface area contributed by atoms with Crippen molar-refractivity contribution >= 4 is 34.4 Å². The first-order chi connectivity index (χ1) is 9.88. The number of rotatable bonds is 4. The highest BCUT2D eigenvalue weighted by atomic mass is 79.9. The molecule has 0 aliphatic heterocycles. The van der Waals surface area contributed by atoms with Gasteiger partial charge in [-0.15, -0.1) is 0 Å². The van der Waals surface area contributed by atoms with Crippen molar-refractivity contribution in [2.24, 2.45) is 0 Å². The van der Waals surface area contributed by atoms with E-state index >= 15 is 0 Å². The standard InChI is InChI=1S/C19H23BrSi/c1-16(20)15-21(19(2,3)4,17-11-7-5-8-12-17)18-13-9-6-10-14-18/h5-14H,1,15H2,2-4H3. The SMILES string of the molecule is C=C(Br)C[Si](c1ccccc1)(c1ccccc1)C(C)(C)C. The molecule has 0 spiro atoms. The molecule has 0 nitrogen and oxygen atoms in total. The molecule has 0 atom stereocenters. The van der Waals surface area contributed by atoms with Crippen molar-refractivity contribution in [3.63, 3.8) is 0 Å². The van der Waals surface area contributed by atoms with E-state index in [2.05, 4.69) is 104 Å². The zero-order chi connectivity index (χ0) is 15.5. The quantitative estimate of drug-likeness (QED) is 0.677. The van der Waals surface area contributed by atoms with E-state index in [0.717, 1.165) is 10.5 Å². The predicted molar refractivity (Wildman–Crippen MR) is 100 cm³/mol. The minimum absolute atomic E-state index is 0.201. The second-order valence-corrected chi connectivity index (χ2v) is 12.5. The van der Waals surface area contributed by atoms with Crippen molar-refractivity contribution < 1.29 is 0 Å². The summed E-state index contributed by atoms with van der Waals surface area (Å²) in [5.74, 6) is 0. The number of allylic oxidation sites excluding steroid dienone is 1. The molecule has 0 fully saturated rings. The van der Waals surface area contributed by atoms with Gasteiger partial charge in [0.25, 0.3) is 0 Å². The van der Waals surface area contributed by atoms with Crippen molar-refractivity contribution in [2.45, 2.75) is 31.9 Å². The van der Waals surface area contributed by atoms with Crippen LogP contribution in [0.3, 0.4) is 0 Å². The summed E-state index contributed by atoms with van der Waals surface area (Å²) < 4.78 is 1.09. The van der Waals surface area contributed by atoms with E-state index in [1.165, 1.54) is 10.4 Å². The van der Waals surface area contributed by atoms with Crippen LogP contribution in [0.2, 0.25) is 11.1 Å². The van der Waals surface area contributed by atoms with Gasteiger partial charge in [-0.1, -0.05) is 114 Å². The largest absolute Gasteiger partial charge is 0.128 e. The van der Waals surface area contributed by atoms with E-state index < -0.39 is 8.07 Å². The molecule has 0 bridgehead atoms. The molecule has 0 saturated heterocycles. The normalized spacial score (nSPS) is 12.2. The summed E-state index contributed by atoms with van der Waals surface area (Å²) in [5, 5.41) is 3.15. The Bertz CT molecular complexity index is 557. The molecule has 0 aliphatic carbocycles. The zero-order valence-corrected chi connectivity index (χ0v) is 15.7. The summed E-state index contributed by atoms with van der Waals surface area (Å²) in [6.45, 7) is 11.3. The Balaban J connectivity index is 2.75. The molecule has 0 aromatic heterocycles. The lowest BCUT2D eigenvalue weighted by atomic mass is 10.2. The van der Waals surface area contributed by atoms with Gasteiger partial charge >= 0.3 is 0 Å². The Kier molecular flexibility index (Phi) is 4.90. The molecule has 0 radical (unpaired) electrons. The van der Waals surface area contributed by atoms with Gasteiger partial charge in [-0.05, 0) is 15.6 Å². The summed E-state index contributed by atoms with van der Waals surface area (Å²) in [6.07, 6.45) is 0. The summed E-state index contributed by atoms with van der Waals surface area (Å²) in [4.78, 5) is 0. The van der Waals surface area contributed by atoms with E-state index in [9.17, 15) is 0 Å². The Morgan fingerprint density at radius 1 is 0.905 bits per heavy atom. The first-order valence-electron chi connectivity index (χ1n) is 7.32.